The molecule has 0 aromatic carbocycles. The normalized spacial score (nSPS) is 27.8. The summed E-state index contributed by atoms with van der Waals surface area (Å²) in [5.74, 6) is 0. The van der Waals surface area contributed by atoms with E-state index in [1.165, 1.54) is 51.4 Å². The summed E-state index contributed by atoms with van der Waals surface area (Å²) in [6.07, 6.45) is 10.7. The summed E-state index contributed by atoms with van der Waals surface area (Å²) in [6, 6.07) is 1.28. The second-order valence-electron chi connectivity index (χ2n) is 5.32. The minimum Gasteiger partial charge on any atom is -0.360 e. The number of likely N-dealkylation sites (tertiary alicyclic amines) is 1. The van der Waals surface area contributed by atoms with Gasteiger partial charge in [-0.1, -0.05) is 19.3 Å². The van der Waals surface area contributed by atoms with Crippen LogP contribution in [-0.2, 0) is 0 Å². The summed E-state index contributed by atoms with van der Waals surface area (Å²) in [7, 11) is 0. The van der Waals surface area contributed by atoms with Crippen LogP contribution in [0.25, 0.3) is 0 Å². The monoisotopic (exact) mass is 240 g/mol. The smallest absolute Gasteiger partial charge is 0.169 e. The molecule has 3 heteroatoms. The van der Waals surface area contributed by atoms with Crippen LogP contribution >= 0.6 is 12.2 Å². The van der Waals surface area contributed by atoms with Crippen LogP contribution < -0.4 is 5.32 Å². The molecule has 0 bridgehead atoms. The van der Waals surface area contributed by atoms with Gasteiger partial charge in [0.1, 0.15) is 0 Å². The fourth-order valence-corrected chi connectivity index (χ4v) is 3.34. The van der Waals surface area contributed by atoms with Crippen LogP contribution in [0, 0.1) is 0 Å². The van der Waals surface area contributed by atoms with Gasteiger partial charge in [-0.05, 0) is 51.2 Å². The summed E-state index contributed by atoms with van der Waals surface area (Å²) in [4.78, 5) is 2.40. The number of piperidine rings is 1. The number of hydrogen-bond acceptors (Lipinski definition) is 1. The maximum Gasteiger partial charge on any atom is 0.169 e. The Morgan fingerprint density at radius 3 is 2.44 bits per heavy atom. The minimum atomic E-state index is 0.636. The molecule has 1 aliphatic carbocycles. The van der Waals surface area contributed by atoms with Crippen molar-refractivity contribution in [1.82, 2.24) is 10.2 Å². The first-order valence-electron chi connectivity index (χ1n) is 6.84. The summed E-state index contributed by atoms with van der Waals surface area (Å²) in [6.45, 7) is 3.45. The van der Waals surface area contributed by atoms with Crippen molar-refractivity contribution in [2.24, 2.45) is 0 Å². The summed E-state index contributed by atoms with van der Waals surface area (Å²) in [5.41, 5.74) is 0. The molecule has 92 valence electrons. The van der Waals surface area contributed by atoms with Crippen LogP contribution in [0.3, 0.4) is 0 Å². The lowest BCUT2D eigenvalue weighted by Gasteiger charge is -2.37. The topological polar surface area (TPSA) is 15.3 Å². The van der Waals surface area contributed by atoms with Crippen molar-refractivity contribution in [2.45, 2.75) is 70.4 Å². The third-order valence-corrected chi connectivity index (χ3v) is 4.35. The Morgan fingerprint density at radius 1 is 1.06 bits per heavy atom. The third kappa shape index (κ3) is 3.09. The van der Waals surface area contributed by atoms with Gasteiger partial charge in [0.05, 0.1) is 0 Å². The quantitative estimate of drug-likeness (QED) is 0.709. The maximum absolute atomic E-state index is 5.55. The molecule has 1 N–H and O–H groups in total. The fraction of sp³-hybridized carbons (Fsp3) is 0.923. The van der Waals surface area contributed by atoms with Gasteiger partial charge in [-0.25, -0.2) is 0 Å². The van der Waals surface area contributed by atoms with Crippen molar-refractivity contribution in [2.75, 3.05) is 6.54 Å². The number of rotatable bonds is 1. The Hall–Kier alpha value is -0.310. The average molecular weight is 240 g/mol. The molecule has 1 unspecified atom stereocenters. The van der Waals surface area contributed by atoms with Crippen LogP contribution in [0.1, 0.15) is 58.3 Å². The van der Waals surface area contributed by atoms with Crippen molar-refractivity contribution >= 4 is 17.3 Å². The first-order chi connectivity index (χ1) is 7.77. The molecule has 2 nitrogen and oxygen atoms in total. The predicted octanol–water partition coefficient (Wildman–Crippen LogP) is 3.07. The SMILES string of the molecule is CC1CCCCN1C(=S)NC1CCCCC1. The van der Waals surface area contributed by atoms with Crippen LogP contribution in [0.4, 0.5) is 0 Å². The van der Waals surface area contributed by atoms with Gasteiger partial charge in [-0.15, -0.1) is 0 Å². The molecular formula is C13H24N2S. The highest BCUT2D eigenvalue weighted by Gasteiger charge is 2.22. The highest BCUT2D eigenvalue weighted by Crippen LogP contribution is 2.20. The molecule has 1 atom stereocenters. The molecule has 2 fully saturated rings. The van der Waals surface area contributed by atoms with Gasteiger partial charge in [0.2, 0.25) is 0 Å². The fourth-order valence-electron chi connectivity index (χ4n) is 2.90. The van der Waals surface area contributed by atoms with E-state index in [0.717, 1.165) is 11.7 Å². The van der Waals surface area contributed by atoms with Crippen molar-refractivity contribution in [3.05, 3.63) is 0 Å². The standard InChI is InChI=1S/C13H24N2S/c1-11-7-5-6-10-15(11)13(16)14-12-8-3-2-4-9-12/h11-12H,2-10H2,1H3,(H,14,16). The molecular weight excluding hydrogens is 216 g/mol. The molecule has 0 radical (unpaired) electrons. The molecule has 0 amide bonds. The van der Waals surface area contributed by atoms with Crippen molar-refractivity contribution in [3.8, 4) is 0 Å². The summed E-state index contributed by atoms with van der Waals surface area (Å²) in [5, 5.41) is 4.59. The van der Waals surface area contributed by atoms with Gasteiger partial charge in [0.25, 0.3) is 0 Å². The molecule has 1 saturated heterocycles. The van der Waals surface area contributed by atoms with Crippen molar-refractivity contribution < 1.29 is 0 Å². The lowest BCUT2D eigenvalue weighted by atomic mass is 9.95. The third-order valence-electron chi connectivity index (χ3n) is 4.00. The number of nitrogens with zero attached hydrogens (tertiary/aromatic N) is 1. The van der Waals surface area contributed by atoms with E-state index >= 15 is 0 Å². The lowest BCUT2D eigenvalue weighted by molar-refractivity contribution is 0.250. The molecule has 0 aromatic rings. The maximum atomic E-state index is 5.55. The Kier molecular flexibility index (Phi) is 4.45. The first kappa shape index (κ1) is 12.2. The van der Waals surface area contributed by atoms with E-state index in [4.69, 9.17) is 12.2 Å². The van der Waals surface area contributed by atoms with E-state index in [1.807, 2.05) is 0 Å². The van der Waals surface area contributed by atoms with E-state index in [1.54, 1.807) is 0 Å². The molecule has 1 saturated carbocycles. The Balaban J connectivity index is 1.81. The van der Waals surface area contributed by atoms with Crippen molar-refractivity contribution in [1.29, 1.82) is 0 Å². The molecule has 2 aliphatic rings. The van der Waals surface area contributed by atoms with Gasteiger partial charge < -0.3 is 10.2 Å². The van der Waals surface area contributed by atoms with Gasteiger partial charge in [0.15, 0.2) is 5.11 Å². The predicted molar refractivity (Wildman–Crippen MR) is 72.6 cm³/mol. The van der Waals surface area contributed by atoms with Gasteiger partial charge in [-0.3, -0.25) is 0 Å². The zero-order valence-corrected chi connectivity index (χ0v) is 11.2. The molecule has 0 spiro atoms. The minimum absolute atomic E-state index is 0.636. The van der Waals surface area contributed by atoms with Gasteiger partial charge >= 0.3 is 0 Å². The second-order valence-corrected chi connectivity index (χ2v) is 5.71. The van der Waals surface area contributed by atoms with Crippen LogP contribution in [-0.4, -0.2) is 28.6 Å². The molecule has 1 aliphatic heterocycles. The lowest BCUT2D eigenvalue weighted by Crippen LogP contribution is -2.50. The molecule has 0 aromatic heterocycles. The first-order valence-corrected chi connectivity index (χ1v) is 7.25. The summed E-state index contributed by atoms with van der Waals surface area (Å²) >= 11 is 5.55. The number of nitrogens with one attached hydrogen (secondary N) is 1. The van der Waals surface area contributed by atoms with E-state index in [-0.39, 0.29) is 0 Å². The Morgan fingerprint density at radius 2 is 1.75 bits per heavy atom. The molecule has 1 heterocycles. The van der Waals surface area contributed by atoms with Crippen LogP contribution in [0.15, 0.2) is 0 Å². The number of thiocarbonyl (C=S) groups is 1. The van der Waals surface area contributed by atoms with E-state index < -0.39 is 0 Å². The highest BCUT2D eigenvalue weighted by atomic mass is 32.1. The van der Waals surface area contributed by atoms with Crippen LogP contribution in [0.2, 0.25) is 0 Å². The highest BCUT2D eigenvalue weighted by molar-refractivity contribution is 7.80. The van der Waals surface area contributed by atoms with Gasteiger partial charge in [0, 0.05) is 18.6 Å². The van der Waals surface area contributed by atoms with E-state index in [2.05, 4.69) is 17.1 Å². The Bertz CT molecular complexity index is 236. The molecule has 2 rings (SSSR count). The second kappa shape index (κ2) is 5.85. The number of hydrogen-bond donors (Lipinski definition) is 1. The average Bonchev–Trinajstić information content (AvgIpc) is 2.31. The molecule has 16 heavy (non-hydrogen) atoms. The van der Waals surface area contributed by atoms with Crippen molar-refractivity contribution in [3.63, 3.8) is 0 Å². The zero-order valence-electron chi connectivity index (χ0n) is 10.4. The van der Waals surface area contributed by atoms with Gasteiger partial charge in [-0.2, -0.15) is 0 Å². The summed E-state index contributed by atoms with van der Waals surface area (Å²) < 4.78 is 0. The van der Waals surface area contributed by atoms with E-state index in [0.29, 0.717) is 12.1 Å². The zero-order chi connectivity index (χ0) is 11.4. The van der Waals surface area contributed by atoms with E-state index in [9.17, 15) is 0 Å². The van der Waals surface area contributed by atoms with Crippen LogP contribution in [0.5, 0.6) is 0 Å². The Labute approximate surface area is 105 Å². The largest absolute Gasteiger partial charge is 0.360 e.